The lowest BCUT2D eigenvalue weighted by Gasteiger charge is -2.36. The predicted molar refractivity (Wildman–Crippen MR) is 92.2 cm³/mol. The first kappa shape index (κ1) is 15.9. The van der Waals surface area contributed by atoms with Crippen LogP contribution in [-0.2, 0) is 4.79 Å². The van der Waals surface area contributed by atoms with Crippen LogP contribution in [0.3, 0.4) is 0 Å². The topological polar surface area (TPSA) is 35.6 Å². The number of rotatable bonds is 3. The van der Waals surface area contributed by atoms with Gasteiger partial charge in [-0.1, -0.05) is 0 Å². The van der Waals surface area contributed by atoms with E-state index >= 15 is 0 Å². The van der Waals surface area contributed by atoms with Gasteiger partial charge in [0.25, 0.3) is 0 Å². The van der Waals surface area contributed by atoms with Crippen molar-refractivity contribution in [2.75, 3.05) is 45.8 Å². The molecule has 3 saturated heterocycles. The normalized spacial score (nSPS) is 34.5. The molecular formula is C19H33N3O. The Kier molecular flexibility index (Phi) is 4.64. The molecule has 0 bridgehead atoms. The highest BCUT2D eigenvalue weighted by Crippen LogP contribution is 2.60. The fraction of sp³-hybridized carbons (Fsp3) is 0.947. The molecule has 3 heterocycles. The summed E-state index contributed by atoms with van der Waals surface area (Å²) in [5.74, 6) is 1.72. The van der Waals surface area contributed by atoms with Crippen LogP contribution in [0.15, 0.2) is 0 Å². The van der Waals surface area contributed by atoms with Crippen LogP contribution in [0.2, 0.25) is 0 Å². The summed E-state index contributed by atoms with van der Waals surface area (Å²) in [4.78, 5) is 17.6. The number of carbonyl (C=O) groups is 1. The molecule has 1 amide bonds. The molecule has 1 N–H and O–H groups in total. The maximum absolute atomic E-state index is 12.7. The Balaban J connectivity index is 1.24. The van der Waals surface area contributed by atoms with Crippen LogP contribution in [0.5, 0.6) is 0 Å². The van der Waals surface area contributed by atoms with E-state index < -0.39 is 0 Å². The Morgan fingerprint density at radius 3 is 2.52 bits per heavy atom. The van der Waals surface area contributed by atoms with Crippen molar-refractivity contribution in [2.24, 2.45) is 17.3 Å². The Hall–Kier alpha value is -0.610. The molecule has 23 heavy (non-hydrogen) atoms. The fourth-order valence-corrected chi connectivity index (χ4v) is 5.21. The molecule has 4 aliphatic rings. The summed E-state index contributed by atoms with van der Waals surface area (Å²) in [6, 6.07) is 0. The van der Waals surface area contributed by atoms with E-state index in [4.69, 9.17) is 0 Å². The minimum Gasteiger partial charge on any atom is -0.342 e. The van der Waals surface area contributed by atoms with Crippen molar-refractivity contribution in [3.05, 3.63) is 0 Å². The summed E-state index contributed by atoms with van der Waals surface area (Å²) in [6.07, 6.45) is 10.2. The number of piperidine rings is 3. The molecule has 0 aromatic heterocycles. The molecule has 1 spiro atoms. The van der Waals surface area contributed by atoms with Gasteiger partial charge >= 0.3 is 0 Å². The van der Waals surface area contributed by atoms with Gasteiger partial charge in [-0.15, -0.1) is 0 Å². The highest BCUT2D eigenvalue weighted by molar-refractivity contribution is 5.82. The predicted octanol–water partition coefficient (Wildman–Crippen LogP) is 2.10. The van der Waals surface area contributed by atoms with Crippen LogP contribution in [0.25, 0.3) is 0 Å². The first-order valence-corrected chi connectivity index (χ1v) is 9.99. The van der Waals surface area contributed by atoms with Gasteiger partial charge in [0.1, 0.15) is 0 Å². The second-order valence-corrected chi connectivity index (χ2v) is 8.52. The third-order valence-corrected chi connectivity index (χ3v) is 6.92. The number of likely N-dealkylation sites (tertiary alicyclic amines) is 2. The number of nitrogens with one attached hydrogen (secondary N) is 1. The van der Waals surface area contributed by atoms with E-state index in [-0.39, 0.29) is 0 Å². The third kappa shape index (κ3) is 3.43. The van der Waals surface area contributed by atoms with Crippen molar-refractivity contribution in [3.63, 3.8) is 0 Å². The average molecular weight is 319 g/mol. The molecule has 4 rings (SSSR count). The number of hydrogen-bond donors (Lipinski definition) is 1. The van der Waals surface area contributed by atoms with Gasteiger partial charge in [-0.05, 0) is 88.9 Å². The molecule has 4 fully saturated rings. The van der Waals surface area contributed by atoms with E-state index in [2.05, 4.69) is 15.1 Å². The first-order chi connectivity index (χ1) is 11.3. The van der Waals surface area contributed by atoms with Crippen molar-refractivity contribution in [1.29, 1.82) is 0 Å². The monoisotopic (exact) mass is 319 g/mol. The Labute approximate surface area is 141 Å². The van der Waals surface area contributed by atoms with Gasteiger partial charge < -0.3 is 15.1 Å². The van der Waals surface area contributed by atoms with Gasteiger partial charge in [-0.3, -0.25) is 4.79 Å². The molecule has 1 saturated carbocycles. The summed E-state index contributed by atoms with van der Waals surface area (Å²) in [6.45, 7) is 8.17. The molecule has 1 aliphatic carbocycles. The SMILES string of the molecule is O=C(C1CC12CCN(CC1CCCNC1)CC2)N1CCCCC1. The Morgan fingerprint density at radius 1 is 1.04 bits per heavy atom. The lowest BCUT2D eigenvalue weighted by Crippen LogP contribution is -2.43. The molecule has 0 aromatic carbocycles. The van der Waals surface area contributed by atoms with E-state index in [1.54, 1.807) is 0 Å². The second kappa shape index (κ2) is 6.72. The van der Waals surface area contributed by atoms with Gasteiger partial charge in [0, 0.05) is 25.6 Å². The number of carbonyl (C=O) groups excluding carboxylic acids is 1. The van der Waals surface area contributed by atoms with Gasteiger partial charge in [0.15, 0.2) is 0 Å². The van der Waals surface area contributed by atoms with E-state index in [9.17, 15) is 4.79 Å². The van der Waals surface area contributed by atoms with Crippen LogP contribution < -0.4 is 5.32 Å². The largest absolute Gasteiger partial charge is 0.342 e. The molecule has 2 atom stereocenters. The van der Waals surface area contributed by atoms with Crippen LogP contribution in [0, 0.1) is 17.3 Å². The Bertz CT molecular complexity index is 418. The number of nitrogens with zero attached hydrogens (tertiary/aromatic N) is 2. The minimum absolute atomic E-state index is 0.374. The summed E-state index contributed by atoms with van der Waals surface area (Å²) >= 11 is 0. The molecule has 3 aliphatic heterocycles. The second-order valence-electron chi connectivity index (χ2n) is 8.52. The van der Waals surface area contributed by atoms with E-state index in [0.717, 1.165) is 19.0 Å². The van der Waals surface area contributed by atoms with Crippen molar-refractivity contribution in [3.8, 4) is 0 Å². The van der Waals surface area contributed by atoms with E-state index in [1.807, 2.05) is 0 Å². The van der Waals surface area contributed by atoms with Crippen molar-refractivity contribution in [2.45, 2.75) is 51.4 Å². The number of amides is 1. The van der Waals surface area contributed by atoms with Gasteiger partial charge in [-0.25, -0.2) is 0 Å². The van der Waals surface area contributed by atoms with Crippen LogP contribution >= 0.6 is 0 Å². The Morgan fingerprint density at radius 2 is 1.83 bits per heavy atom. The summed E-state index contributed by atoms with van der Waals surface area (Å²) in [5, 5.41) is 3.53. The molecule has 130 valence electrons. The zero-order valence-electron chi connectivity index (χ0n) is 14.6. The maximum Gasteiger partial charge on any atom is 0.226 e. The van der Waals surface area contributed by atoms with Gasteiger partial charge in [0.2, 0.25) is 5.91 Å². The molecule has 4 heteroatoms. The zero-order valence-corrected chi connectivity index (χ0v) is 14.6. The van der Waals surface area contributed by atoms with Crippen molar-refractivity contribution < 1.29 is 4.79 Å². The highest BCUT2D eigenvalue weighted by atomic mass is 16.2. The molecule has 0 aromatic rings. The highest BCUT2D eigenvalue weighted by Gasteiger charge is 2.59. The third-order valence-electron chi connectivity index (χ3n) is 6.92. The maximum atomic E-state index is 12.7. The van der Waals surface area contributed by atoms with Crippen molar-refractivity contribution in [1.82, 2.24) is 15.1 Å². The standard InChI is InChI=1S/C19H33N3O/c23-18(22-9-2-1-3-10-22)17-13-19(17)6-11-21(12-7-19)15-16-5-4-8-20-14-16/h16-17,20H,1-15H2. The lowest BCUT2D eigenvalue weighted by molar-refractivity contribution is -0.134. The lowest BCUT2D eigenvalue weighted by atomic mass is 9.89. The molecule has 2 unspecified atom stereocenters. The van der Waals surface area contributed by atoms with Crippen molar-refractivity contribution >= 4 is 5.91 Å². The fourth-order valence-electron chi connectivity index (χ4n) is 5.21. The van der Waals surface area contributed by atoms with E-state index in [0.29, 0.717) is 17.2 Å². The van der Waals surface area contributed by atoms with Crippen LogP contribution in [0.4, 0.5) is 0 Å². The van der Waals surface area contributed by atoms with Gasteiger partial charge in [-0.2, -0.15) is 0 Å². The zero-order chi connectivity index (χ0) is 15.7. The average Bonchev–Trinajstić information content (AvgIpc) is 3.32. The molecule has 0 radical (unpaired) electrons. The van der Waals surface area contributed by atoms with E-state index in [1.165, 1.54) is 84.1 Å². The molecular weight excluding hydrogens is 286 g/mol. The van der Waals surface area contributed by atoms with Crippen LogP contribution in [-0.4, -0.2) is 61.5 Å². The quantitative estimate of drug-likeness (QED) is 0.865. The van der Waals surface area contributed by atoms with Crippen LogP contribution in [0.1, 0.15) is 51.4 Å². The summed E-state index contributed by atoms with van der Waals surface area (Å²) in [5.41, 5.74) is 0.399. The first-order valence-electron chi connectivity index (χ1n) is 9.99. The molecule has 4 nitrogen and oxygen atoms in total. The smallest absolute Gasteiger partial charge is 0.226 e. The summed E-state index contributed by atoms with van der Waals surface area (Å²) < 4.78 is 0. The van der Waals surface area contributed by atoms with Gasteiger partial charge in [0.05, 0.1) is 0 Å². The minimum atomic E-state index is 0.374. The summed E-state index contributed by atoms with van der Waals surface area (Å²) in [7, 11) is 0. The number of hydrogen-bond acceptors (Lipinski definition) is 3.